The molecule has 1 fully saturated rings. The topological polar surface area (TPSA) is 106 Å². The Labute approximate surface area is 181 Å². The van der Waals surface area contributed by atoms with E-state index < -0.39 is 36.8 Å². The number of carbonyl (C=O) groups is 1. The minimum Gasteiger partial charge on any atom is -0.445 e. The lowest BCUT2D eigenvalue weighted by molar-refractivity contribution is -0.300. The summed E-state index contributed by atoms with van der Waals surface area (Å²) in [5, 5.41) is 23.4. The van der Waals surface area contributed by atoms with Crippen LogP contribution >= 0.6 is 0 Å². The lowest BCUT2D eigenvalue weighted by Gasteiger charge is -2.41. The van der Waals surface area contributed by atoms with Crippen molar-refractivity contribution in [3.63, 3.8) is 0 Å². The van der Waals surface area contributed by atoms with E-state index in [4.69, 9.17) is 18.9 Å². The number of ether oxygens (including phenoxy) is 4. The maximum absolute atomic E-state index is 11.7. The molecular formula is C23H29NO7. The molecule has 0 unspecified atom stereocenters. The van der Waals surface area contributed by atoms with Crippen molar-refractivity contribution in [2.75, 3.05) is 13.2 Å². The van der Waals surface area contributed by atoms with Crippen LogP contribution < -0.4 is 5.32 Å². The van der Waals surface area contributed by atoms with E-state index in [0.717, 1.165) is 11.1 Å². The minimum absolute atomic E-state index is 0.0805. The lowest BCUT2D eigenvalue weighted by atomic mass is 9.99. The number of amides is 1. The summed E-state index contributed by atoms with van der Waals surface area (Å²) in [6, 6.07) is 18.9. The van der Waals surface area contributed by atoms with Crippen molar-refractivity contribution in [2.24, 2.45) is 0 Å². The molecule has 0 bridgehead atoms. The van der Waals surface area contributed by atoms with Gasteiger partial charge < -0.3 is 34.5 Å². The Morgan fingerprint density at radius 1 is 0.935 bits per heavy atom. The normalized spacial score (nSPS) is 25.7. The fourth-order valence-corrected chi connectivity index (χ4v) is 3.24. The van der Waals surface area contributed by atoms with Gasteiger partial charge in [0.2, 0.25) is 0 Å². The highest BCUT2D eigenvalue weighted by atomic mass is 16.7. The zero-order valence-corrected chi connectivity index (χ0v) is 17.4. The highest BCUT2D eigenvalue weighted by Gasteiger charge is 2.43. The van der Waals surface area contributed by atoms with Crippen molar-refractivity contribution in [1.82, 2.24) is 5.32 Å². The molecule has 0 spiro atoms. The van der Waals surface area contributed by atoms with Gasteiger partial charge in [0, 0.05) is 6.54 Å². The van der Waals surface area contributed by atoms with Gasteiger partial charge >= 0.3 is 6.09 Å². The molecule has 168 valence electrons. The maximum Gasteiger partial charge on any atom is 0.407 e. The van der Waals surface area contributed by atoms with E-state index in [1.165, 1.54) is 0 Å². The lowest BCUT2D eigenvalue weighted by Crippen LogP contribution is -2.58. The van der Waals surface area contributed by atoms with E-state index in [2.05, 4.69) is 5.32 Å². The van der Waals surface area contributed by atoms with Crippen molar-refractivity contribution in [2.45, 2.75) is 50.8 Å². The average molecular weight is 431 g/mol. The van der Waals surface area contributed by atoms with Gasteiger partial charge in [0.15, 0.2) is 6.29 Å². The zero-order chi connectivity index (χ0) is 22.1. The SMILES string of the molecule is C[C@@H]1O[C@@H](OCCNC(=O)OCc2ccccc2)[C@H](O)[C@H](O)[C@H]1OCc1ccccc1. The smallest absolute Gasteiger partial charge is 0.407 e. The summed E-state index contributed by atoms with van der Waals surface area (Å²) in [4.78, 5) is 11.7. The number of hydrogen-bond donors (Lipinski definition) is 3. The largest absolute Gasteiger partial charge is 0.445 e. The van der Waals surface area contributed by atoms with Crippen LogP contribution in [0.3, 0.4) is 0 Å². The average Bonchev–Trinajstić information content (AvgIpc) is 2.79. The Hall–Kier alpha value is -2.49. The molecule has 2 aromatic carbocycles. The van der Waals surface area contributed by atoms with Crippen LogP contribution in [0.2, 0.25) is 0 Å². The Kier molecular flexibility index (Phi) is 8.81. The fraction of sp³-hybridized carbons (Fsp3) is 0.435. The monoisotopic (exact) mass is 431 g/mol. The van der Waals surface area contributed by atoms with Crippen LogP contribution in [0.25, 0.3) is 0 Å². The molecule has 8 heteroatoms. The molecule has 0 aliphatic carbocycles. The van der Waals surface area contributed by atoms with Gasteiger partial charge in [-0.2, -0.15) is 0 Å². The Balaban J connectivity index is 1.36. The van der Waals surface area contributed by atoms with Gasteiger partial charge in [-0.05, 0) is 18.1 Å². The Bertz CT molecular complexity index is 789. The van der Waals surface area contributed by atoms with Gasteiger partial charge in [-0.25, -0.2) is 4.79 Å². The molecule has 31 heavy (non-hydrogen) atoms. The molecule has 0 radical (unpaired) electrons. The Morgan fingerprint density at radius 3 is 2.19 bits per heavy atom. The third-order valence-electron chi connectivity index (χ3n) is 4.93. The Morgan fingerprint density at radius 2 is 1.55 bits per heavy atom. The van der Waals surface area contributed by atoms with Crippen molar-refractivity contribution in [3.05, 3.63) is 71.8 Å². The van der Waals surface area contributed by atoms with E-state index in [0.29, 0.717) is 6.61 Å². The maximum atomic E-state index is 11.7. The molecular weight excluding hydrogens is 402 g/mol. The summed E-state index contributed by atoms with van der Waals surface area (Å²) in [7, 11) is 0. The molecule has 1 aliphatic rings. The van der Waals surface area contributed by atoms with E-state index in [1.807, 2.05) is 60.7 Å². The third kappa shape index (κ3) is 7.02. The second-order valence-electron chi connectivity index (χ2n) is 7.31. The summed E-state index contributed by atoms with van der Waals surface area (Å²) in [5.74, 6) is 0. The van der Waals surface area contributed by atoms with Crippen LogP contribution in [0.1, 0.15) is 18.1 Å². The van der Waals surface area contributed by atoms with Crippen LogP contribution in [0.5, 0.6) is 0 Å². The quantitative estimate of drug-likeness (QED) is 0.521. The minimum atomic E-state index is -1.28. The molecule has 1 heterocycles. The number of nitrogens with one attached hydrogen (secondary N) is 1. The van der Waals surface area contributed by atoms with Gasteiger partial charge in [0.1, 0.15) is 24.9 Å². The summed E-state index contributed by atoms with van der Waals surface area (Å²) in [6.45, 7) is 2.46. The van der Waals surface area contributed by atoms with Crippen molar-refractivity contribution in [3.8, 4) is 0 Å². The number of aliphatic hydroxyl groups is 2. The molecule has 0 saturated carbocycles. The third-order valence-corrected chi connectivity index (χ3v) is 4.93. The highest BCUT2D eigenvalue weighted by Crippen LogP contribution is 2.25. The van der Waals surface area contributed by atoms with Crippen LogP contribution in [0.4, 0.5) is 4.79 Å². The van der Waals surface area contributed by atoms with Crippen LogP contribution in [0, 0.1) is 0 Å². The van der Waals surface area contributed by atoms with Gasteiger partial charge in [0.25, 0.3) is 0 Å². The molecule has 3 N–H and O–H groups in total. The predicted octanol–water partition coefficient (Wildman–Crippen LogP) is 1.98. The number of carbonyl (C=O) groups excluding carboxylic acids is 1. The first kappa shape index (κ1) is 23.2. The molecule has 3 rings (SSSR count). The van der Waals surface area contributed by atoms with Crippen molar-refractivity contribution >= 4 is 6.09 Å². The van der Waals surface area contributed by atoms with Crippen molar-refractivity contribution in [1.29, 1.82) is 0 Å². The van der Waals surface area contributed by atoms with Crippen LogP contribution in [-0.2, 0) is 32.2 Å². The number of benzene rings is 2. The second-order valence-corrected chi connectivity index (χ2v) is 7.31. The number of rotatable bonds is 9. The molecule has 5 atom stereocenters. The molecule has 8 nitrogen and oxygen atoms in total. The van der Waals surface area contributed by atoms with E-state index >= 15 is 0 Å². The highest BCUT2D eigenvalue weighted by molar-refractivity contribution is 5.67. The molecule has 1 aliphatic heterocycles. The zero-order valence-electron chi connectivity index (χ0n) is 17.4. The summed E-state index contributed by atoms with van der Waals surface area (Å²) >= 11 is 0. The molecule has 0 aromatic heterocycles. The number of alkyl carbamates (subject to hydrolysis) is 1. The van der Waals surface area contributed by atoms with Gasteiger partial charge in [0.05, 0.1) is 19.3 Å². The van der Waals surface area contributed by atoms with Gasteiger partial charge in [-0.3, -0.25) is 0 Å². The first-order chi connectivity index (χ1) is 15.0. The molecule has 1 amide bonds. The van der Waals surface area contributed by atoms with E-state index in [1.54, 1.807) is 6.92 Å². The standard InChI is InChI=1S/C23H29NO7/c1-16-21(29-14-17-8-4-2-5-9-17)19(25)20(26)22(31-16)28-13-12-24-23(27)30-15-18-10-6-3-7-11-18/h2-11,16,19-22,25-26H,12-15H2,1H3,(H,24,27)/t16-,19-,20+,21-,22+/m0/s1. The summed E-state index contributed by atoms with van der Waals surface area (Å²) in [5.41, 5.74) is 1.85. The summed E-state index contributed by atoms with van der Waals surface area (Å²) < 4.78 is 22.1. The van der Waals surface area contributed by atoms with Gasteiger partial charge in [-0.1, -0.05) is 60.7 Å². The van der Waals surface area contributed by atoms with E-state index in [9.17, 15) is 15.0 Å². The first-order valence-electron chi connectivity index (χ1n) is 10.3. The predicted molar refractivity (Wildman–Crippen MR) is 112 cm³/mol. The number of hydrogen-bond acceptors (Lipinski definition) is 7. The number of aliphatic hydroxyl groups excluding tert-OH is 2. The van der Waals surface area contributed by atoms with Crippen molar-refractivity contribution < 1.29 is 34.0 Å². The van der Waals surface area contributed by atoms with Gasteiger partial charge in [-0.15, -0.1) is 0 Å². The molecule has 2 aromatic rings. The van der Waals surface area contributed by atoms with Crippen LogP contribution in [-0.4, -0.2) is 60.2 Å². The second kappa shape index (κ2) is 11.8. The first-order valence-corrected chi connectivity index (χ1v) is 10.3. The van der Waals surface area contributed by atoms with E-state index in [-0.39, 0.29) is 19.8 Å². The molecule has 1 saturated heterocycles. The van der Waals surface area contributed by atoms with Crippen LogP contribution in [0.15, 0.2) is 60.7 Å². The summed E-state index contributed by atoms with van der Waals surface area (Å²) in [6.07, 6.45) is -5.22. The fourth-order valence-electron chi connectivity index (χ4n) is 3.24.